The van der Waals surface area contributed by atoms with Gasteiger partial charge in [-0.1, -0.05) is 55.8 Å². The third-order valence-electron chi connectivity index (χ3n) is 5.56. The van der Waals surface area contributed by atoms with Gasteiger partial charge in [0.15, 0.2) is 0 Å². The summed E-state index contributed by atoms with van der Waals surface area (Å²) in [4.78, 5) is 0. The van der Waals surface area contributed by atoms with Gasteiger partial charge in [0.1, 0.15) is 5.75 Å². The van der Waals surface area contributed by atoms with Crippen LogP contribution in [-0.2, 0) is 25.4 Å². The van der Waals surface area contributed by atoms with Gasteiger partial charge in [-0.3, -0.25) is 0 Å². The lowest BCUT2D eigenvalue weighted by molar-refractivity contribution is -0.185. The van der Waals surface area contributed by atoms with Crippen molar-refractivity contribution >= 4 is 0 Å². The molecule has 0 amide bonds. The summed E-state index contributed by atoms with van der Waals surface area (Å²) < 4.78 is 34.4. The van der Waals surface area contributed by atoms with Crippen molar-refractivity contribution in [2.45, 2.75) is 52.6 Å². The molecule has 3 aromatic rings. The summed E-state index contributed by atoms with van der Waals surface area (Å²) >= 11 is 0. The fourth-order valence-corrected chi connectivity index (χ4v) is 3.78. The van der Waals surface area contributed by atoms with E-state index < -0.39 is 6.11 Å². The molecule has 4 heteroatoms. The number of aliphatic hydroxyl groups is 1. The minimum absolute atomic E-state index is 0.156. The van der Waals surface area contributed by atoms with Crippen LogP contribution in [0.3, 0.4) is 0 Å². The van der Waals surface area contributed by atoms with Gasteiger partial charge >= 0.3 is 6.11 Å². The summed E-state index contributed by atoms with van der Waals surface area (Å²) in [6, 6.07) is 17.7. The molecule has 0 bridgehead atoms. The van der Waals surface area contributed by atoms with Crippen molar-refractivity contribution < 1.29 is 18.6 Å². The molecule has 0 saturated heterocycles. The summed E-state index contributed by atoms with van der Waals surface area (Å²) in [7, 11) is 0. The summed E-state index contributed by atoms with van der Waals surface area (Å²) in [6.45, 7) is 6.17. The Labute approximate surface area is 183 Å². The monoisotopic (exact) mass is 424 g/mol. The van der Waals surface area contributed by atoms with E-state index in [1.165, 1.54) is 23.3 Å². The number of benzene rings is 3. The van der Waals surface area contributed by atoms with Crippen molar-refractivity contribution in [3.63, 3.8) is 0 Å². The van der Waals surface area contributed by atoms with E-state index in [0.717, 1.165) is 41.5 Å². The van der Waals surface area contributed by atoms with Gasteiger partial charge in [0.05, 0.1) is 5.56 Å². The Morgan fingerprint density at radius 1 is 0.839 bits per heavy atom. The number of alkyl halides is 2. The van der Waals surface area contributed by atoms with Crippen molar-refractivity contribution in [2.24, 2.45) is 0 Å². The normalized spacial score (nSPS) is 11.5. The van der Waals surface area contributed by atoms with Crippen LogP contribution in [0.5, 0.6) is 5.75 Å². The molecule has 1 N–H and O–H groups in total. The lowest BCUT2D eigenvalue weighted by Crippen LogP contribution is -2.21. The van der Waals surface area contributed by atoms with Crippen molar-refractivity contribution in [2.75, 3.05) is 6.61 Å². The molecule has 0 heterocycles. The van der Waals surface area contributed by atoms with Crippen LogP contribution in [-0.4, -0.2) is 11.7 Å². The van der Waals surface area contributed by atoms with Crippen LogP contribution in [0.25, 0.3) is 11.1 Å². The molecule has 0 saturated carbocycles. The zero-order valence-corrected chi connectivity index (χ0v) is 18.4. The fraction of sp³-hybridized carbons (Fsp3) is 0.333. The van der Waals surface area contributed by atoms with Crippen LogP contribution in [0.2, 0.25) is 0 Å². The topological polar surface area (TPSA) is 29.5 Å². The van der Waals surface area contributed by atoms with Gasteiger partial charge in [-0.15, -0.1) is 0 Å². The predicted molar refractivity (Wildman–Crippen MR) is 122 cm³/mol. The highest BCUT2D eigenvalue weighted by atomic mass is 19.3. The van der Waals surface area contributed by atoms with Crippen molar-refractivity contribution in [3.8, 4) is 16.9 Å². The van der Waals surface area contributed by atoms with E-state index in [1.807, 2.05) is 19.9 Å². The summed E-state index contributed by atoms with van der Waals surface area (Å²) in [5.74, 6) is 0.156. The lowest BCUT2D eigenvalue weighted by Gasteiger charge is -2.20. The Morgan fingerprint density at radius 2 is 1.45 bits per heavy atom. The van der Waals surface area contributed by atoms with Crippen LogP contribution >= 0.6 is 0 Å². The average molecular weight is 425 g/mol. The zero-order chi connectivity index (χ0) is 22.4. The smallest absolute Gasteiger partial charge is 0.426 e. The maximum atomic E-state index is 14.7. The second-order valence-corrected chi connectivity index (χ2v) is 7.83. The molecule has 0 unspecified atom stereocenters. The van der Waals surface area contributed by atoms with Gasteiger partial charge in [-0.2, -0.15) is 8.78 Å². The number of aryl methyl sites for hydroxylation is 4. The van der Waals surface area contributed by atoms with Gasteiger partial charge in [0, 0.05) is 6.61 Å². The van der Waals surface area contributed by atoms with Crippen LogP contribution in [0.15, 0.2) is 60.7 Å². The predicted octanol–water partition coefficient (Wildman–Crippen LogP) is 6.84. The van der Waals surface area contributed by atoms with E-state index in [-0.39, 0.29) is 17.9 Å². The third-order valence-corrected chi connectivity index (χ3v) is 5.56. The molecule has 0 radical (unpaired) electrons. The van der Waals surface area contributed by atoms with E-state index in [2.05, 4.69) is 25.1 Å². The number of aliphatic hydroxyl groups excluding tert-OH is 1. The lowest BCUT2D eigenvalue weighted by atomic mass is 9.91. The minimum Gasteiger partial charge on any atom is -0.429 e. The first-order valence-electron chi connectivity index (χ1n) is 10.9. The first-order valence-corrected chi connectivity index (χ1v) is 10.9. The summed E-state index contributed by atoms with van der Waals surface area (Å²) in [5.41, 5.74) is 6.30. The highest BCUT2D eigenvalue weighted by molar-refractivity contribution is 5.72. The summed E-state index contributed by atoms with van der Waals surface area (Å²) in [5, 5.41) is 9.08. The van der Waals surface area contributed by atoms with E-state index in [4.69, 9.17) is 9.84 Å². The number of hydrogen-bond acceptors (Lipinski definition) is 2. The Kier molecular flexibility index (Phi) is 7.45. The molecule has 164 valence electrons. The largest absolute Gasteiger partial charge is 0.429 e. The first kappa shape index (κ1) is 23.0. The Balaban J connectivity index is 1.90. The Hall–Kier alpha value is -2.72. The molecule has 0 aliphatic rings. The van der Waals surface area contributed by atoms with E-state index in [0.29, 0.717) is 6.42 Å². The Bertz CT molecular complexity index is 1010. The maximum absolute atomic E-state index is 14.7. The molecule has 0 aromatic heterocycles. The van der Waals surface area contributed by atoms with E-state index >= 15 is 0 Å². The van der Waals surface area contributed by atoms with Gasteiger partial charge in [0.25, 0.3) is 0 Å². The van der Waals surface area contributed by atoms with Gasteiger partial charge in [-0.25, -0.2) is 0 Å². The third kappa shape index (κ3) is 5.50. The highest BCUT2D eigenvalue weighted by Crippen LogP contribution is 2.36. The molecule has 3 rings (SSSR count). The molecule has 2 nitrogen and oxygen atoms in total. The van der Waals surface area contributed by atoms with Gasteiger partial charge < -0.3 is 9.84 Å². The Morgan fingerprint density at radius 3 is 2.06 bits per heavy atom. The number of hydrogen-bond donors (Lipinski definition) is 1. The van der Waals surface area contributed by atoms with E-state index in [9.17, 15) is 8.78 Å². The van der Waals surface area contributed by atoms with Crippen molar-refractivity contribution in [1.82, 2.24) is 0 Å². The second-order valence-electron chi connectivity index (χ2n) is 7.83. The fourth-order valence-electron chi connectivity index (χ4n) is 3.78. The molecule has 3 aromatic carbocycles. The molecule has 31 heavy (non-hydrogen) atoms. The molecule has 0 atom stereocenters. The maximum Gasteiger partial charge on any atom is 0.426 e. The number of rotatable bonds is 9. The SMILES string of the molecule is CCc1cc(CCCO)ccc1-c1ccc(OC(F)(F)c2ccc(C)cc2)cc1CC. The average Bonchev–Trinajstić information content (AvgIpc) is 2.77. The first-order chi connectivity index (χ1) is 14.9. The van der Waals surface area contributed by atoms with Crippen LogP contribution in [0, 0.1) is 6.92 Å². The summed E-state index contributed by atoms with van der Waals surface area (Å²) in [6.07, 6.45) is -0.244. The van der Waals surface area contributed by atoms with Gasteiger partial charge in [-0.05, 0) is 84.7 Å². The molecule has 0 aliphatic heterocycles. The quantitative estimate of drug-likeness (QED) is 0.407. The number of halogens is 2. The van der Waals surface area contributed by atoms with Crippen LogP contribution in [0.1, 0.15) is 48.1 Å². The molecule has 0 fully saturated rings. The number of ether oxygens (including phenoxy) is 1. The zero-order valence-electron chi connectivity index (χ0n) is 18.4. The van der Waals surface area contributed by atoms with Crippen molar-refractivity contribution in [3.05, 3.63) is 88.5 Å². The molecule has 0 aliphatic carbocycles. The minimum atomic E-state index is -3.40. The standard InChI is InChI=1S/C27H30F2O2/c1-4-21-17-20(7-6-16-30)10-14-25(21)26-15-13-24(18-22(26)5-2)31-27(28,29)23-11-8-19(3)9-12-23/h8-15,17-18,30H,4-7,16H2,1-3H3. The van der Waals surface area contributed by atoms with E-state index in [1.54, 1.807) is 24.3 Å². The van der Waals surface area contributed by atoms with Crippen molar-refractivity contribution in [1.29, 1.82) is 0 Å². The molecular weight excluding hydrogens is 394 g/mol. The second kappa shape index (κ2) is 10.1. The van der Waals surface area contributed by atoms with Gasteiger partial charge in [0.2, 0.25) is 0 Å². The molecule has 0 spiro atoms. The molecular formula is C27H30F2O2. The van der Waals surface area contributed by atoms with Crippen LogP contribution < -0.4 is 4.74 Å². The van der Waals surface area contributed by atoms with Crippen LogP contribution in [0.4, 0.5) is 8.78 Å². The highest BCUT2D eigenvalue weighted by Gasteiger charge is 2.34.